The molecular formula is C14H17F3N4. The van der Waals surface area contributed by atoms with Crippen molar-refractivity contribution in [1.82, 2.24) is 9.78 Å². The first-order chi connectivity index (χ1) is 9.93. The van der Waals surface area contributed by atoms with Crippen molar-refractivity contribution >= 4 is 5.82 Å². The molecule has 0 spiro atoms. The van der Waals surface area contributed by atoms with Crippen LogP contribution >= 0.6 is 0 Å². The van der Waals surface area contributed by atoms with Gasteiger partial charge in [-0.3, -0.25) is 0 Å². The lowest BCUT2D eigenvalue weighted by Gasteiger charge is -2.13. The second-order valence-corrected chi connectivity index (χ2v) is 4.76. The van der Waals surface area contributed by atoms with Gasteiger partial charge in [0.05, 0.1) is 18.3 Å². The lowest BCUT2D eigenvalue weighted by molar-refractivity contribution is -0.138. The third-order valence-electron chi connectivity index (χ3n) is 3.25. The van der Waals surface area contributed by atoms with Crippen LogP contribution in [0.1, 0.15) is 23.1 Å². The monoisotopic (exact) mass is 298 g/mol. The van der Waals surface area contributed by atoms with Gasteiger partial charge < -0.3 is 11.5 Å². The van der Waals surface area contributed by atoms with Crippen LogP contribution in [0, 0.1) is 0 Å². The van der Waals surface area contributed by atoms with Gasteiger partial charge in [0.15, 0.2) is 0 Å². The van der Waals surface area contributed by atoms with E-state index in [1.165, 1.54) is 16.8 Å². The molecule has 0 bridgehead atoms. The molecule has 0 saturated carbocycles. The van der Waals surface area contributed by atoms with E-state index < -0.39 is 11.7 Å². The molecule has 0 unspecified atom stereocenters. The molecule has 1 aromatic carbocycles. The van der Waals surface area contributed by atoms with Crippen LogP contribution in [-0.4, -0.2) is 16.3 Å². The van der Waals surface area contributed by atoms with E-state index in [9.17, 15) is 13.2 Å². The van der Waals surface area contributed by atoms with Crippen molar-refractivity contribution in [2.45, 2.75) is 25.6 Å². The van der Waals surface area contributed by atoms with Crippen molar-refractivity contribution in [3.05, 3.63) is 47.2 Å². The number of benzene rings is 1. The Balaban J connectivity index is 2.25. The van der Waals surface area contributed by atoms with Crippen LogP contribution in [0.3, 0.4) is 0 Å². The van der Waals surface area contributed by atoms with Gasteiger partial charge in [-0.1, -0.05) is 18.2 Å². The summed E-state index contributed by atoms with van der Waals surface area (Å²) >= 11 is 0. The smallest absolute Gasteiger partial charge is 0.384 e. The average Bonchev–Trinajstić information content (AvgIpc) is 2.77. The van der Waals surface area contributed by atoms with Crippen LogP contribution < -0.4 is 11.5 Å². The molecule has 7 heteroatoms. The molecule has 0 aliphatic rings. The van der Waals surface area contributed by atoms with Crippen molar-refractivity contribution in [1.29, 1.82) is 0 Å². The Labute approximate surface area is 120 Å². The van der Waals surface area contributed by atoms with E-state index in [0.717, 1.165) is 18.1 Å². The van der Waals surface area contributed by atoms with Crippen LogP contribution in [0.5, 0.6) is 0 Å². The number of alkyl halides is 3. The SMILES string of the molecule is NCCCc1cnn(Cc2ccccc2C(F)(F)F)c1N. The molecule has 0 amide bonds. The summed E-state index contributed by atoms with van der Waals surface area (Å²) in [6.07, 6.45) is -1.37. The summed E-state index contributed by atoms with van der Waals surface area (Å²) in [6, 6.07) is 5.43. The fourth-order valence-corrected chi connectivity index (χ4v) is 2.14. The number of hydrogen-bond acceptors (Lipinski definition) is 3. The number of nitrogens with zero attached hydrogens (tertiary/aromatic N) is 2. The first kappa shape index (κ1) is 15.4. The normalized spacial score (nSPS) is 11.8. The number of hydrogen-bond donors (Lipinski definition) is 2. The molecule has 4 nitrogen and oxygen atoms in total. The lowest BCUT2D eigenvalue weighted by Crippen LogP contribution is -2.13. The van der Waals surface area contributed by atoms with Crippen LogP contribution in [0.2, 0.25) is 0 Å². The van der Waals surface area contributed by atoms with Crippen LogP contribution in [0.25, 0.3) is 0 Å². The van der Waals surface area contributed by atoms with Gasteiger partial charge >= 0.3 is 6.18 Å². The standard InChI is InChI=1S/C14H17F3N4/c15-14(16,17)12-6-2-1-4-11(12)9-21-13(19)10(8-20-21)5-3-7-18/h1-2,4,6,8H,3,5,7,9,18-19H2. The van der Waals surface area contributed by atoms with Crippen LogP contribution in [0.15, 0.2) is 30.5 Å². The van der Waals surface area contributed by atoms with Crippen molar-refractivity contribution in [2.24, 2.45) is 5.73 Å². The molecule has 4 N–H and O–H groups in total. The molecule has 0 aliphatic carbocycles. The first-order valence-electron chi connectivity index (χ1n) is 6.59. The zero-order valence-corrected chi connectivity index (χ0v) is 11.4. The molecule has 0 aliphatic heterocycles. The molecule has 1 heterocycles. The average molecular weight is 298 g/mol. The Morgan fingerprint density at radius 2 is 1.86 bits per heavy atom. The van der Waals surface area contributed by atoms with Gasteiger partial charge in [-0.15, -0.1) is 0 Å². The number of anilines is 1. The van der Waals surface area contributed by atoms with Crippen LogP contribution in [0.4, 0.5) is 19.0 Å². The topological polar surface area (TPSA) is 69.9 Å². The minimum absolute atomic E-state index is 0.00978. The highest BCUT2D eigenvalue weighted by Crippen LogP contribution is 2.32. The Kier molecular flexibility index (Phi) is 4.52. The van der Waals surface area contributed by atoms with Crippen molar-refractivity contribution in [2.75, 3.05) is 12.3 Å². The number of rotatable bonds is 5. The summed E-state index contributed by atoms with van der Waals surface area (Å²) in [5.41, 5.74) is 11.7. The van der Waals surface area contributed by atoms with Gasteiger partial charge in [-0.25, -0.2) is 4.68 Å². The maximum absolute atomic E-state index is 12.9. The van der Waals surface area contributed by atoms with E-state index in [1.807, 2.05) is 0 Å². The van der Waals surface area contributed by atoms with E-state index in [0.29, 0.717) is 18.8 Å². The van der Waals surface area contributed by atoms with Gasteiger partial charge in [0.25, 0.3) is 0 Å². The zero-order chi connectivity index (χ0) is 15.5. The largest absolute Gasteiger partial charge is 0.416 e. The number of aromatic nitrogens is 2. The van der Waals surface area contributed by atoms with E-state index in [4.69, 9.17) is 11.5 Å². The number of halogens is 3. The first-order valence-corrected chi connectivity index (χ1v) is 6.59. The van der Waals surface area contributed by atoms with E-state index in [2.05, 4.69) is 5.10 Å². The second-order valence-electron chi connectivity index (χ2n) is 4.76. The molecule has 1 aromatic heterocycles. The minimum Gasteiger partial charge on any atom is -0.384 e. The predicted molar refractivity (Wildman–Crippen MR) is 74.6 cm³/mol. The summed E-state index contributed by atoms with van der Waals surface area (Å²) in [5.74, 6) is 0.389. The number of aryl methyl sites for hydroxylation is 1. The molecule has 114 valence electrons. The summed E-state index contributed by atoms with van der Waals surface area (Å²) in [6.45, 7) is 0.520. The maximum Gasteiger partial charge on any atom is 0.416 e. The summed E-state index contributed by atoms with van der Waals surface area (Å²) in [7, 11) is 0. The molecule has 2 rings (SSSR count). The van der Waals surface area contributed by atoms with Crippen LogP contribution in [-0.2, 0) is 19.1 Å². The van der Waals surface area contributed by atoms with E-state index >= 15 is 0 Å². The maximum atomic E-state index is 12.9. The van der Waals surface area contributed by atoms with Gasteiger partial charge in [0.2, 0.25) is 0 Å². The highest BCUT2D eigenvalue weighted by molar-refractivity contribution is 5.40. The molecule has 0 atom stereocenters. The van der Waals surface area contributed by atoms with Gasteiger partial charge in [-0.2, -0.15) is 18.3 Å². The highest BCUT2D eigenvalue weighted by atomic mass is 19.4. The van der Waals surface area contributed by atoms with Gasteiger partial charge in [0.1, 0.15) is 5.82 Å². The van der Waals surface area contributed by atoms with Gasteiger partial charge in [0, 0.05) is 5.56 Å². The van der Waals surface area contributed by atoms with Gasteiger partial charge in [-0.05, 0) is 31.0 Å². The number of nitrogen functional groups attached to an aromatic ring is 1. The fourth-order valence-electron chi connectivity index (χ4n) is 2.14. The van der Waals surface area contributed by atoms with Crippen molar-refractivity contribution in [3.63, 3.8) is 0 Å². The lowest BCUT2D eigenvalue weighted by atomic mass is 10.1. The fraction of sp³-hybridized carbons (Fsp3) is 0.357. The molecular weight excluding hydrogens is 281 g/mol. The molecule has 2 aromatic rings. The predicted octanol–water partition coefficient (Wildman–Crippen LogP) is 2.42. The minimum atomic E-state index is -4.39. The second kappa shape index (κ2) is 6.17. The number of nitrogens with two attached hydrogens (primary N) is 2. The van der Waals surface area contributed by atoms with E-state index in [-0.39, 0.29) is 12.1 Å². The Morgan fingerprint density at radius 1 is 1.14 bits per heavy atom. The summed E-state index contributed by atoms with van der Waals surface area (Å²) in [4.78, 5) is 0. The molecule has 0 radical (unpaired) electrons. The highest BCUT2D eigenvalue weighted by Gasteiger charge is 2.33. The quantitative estimate of drug-likeness (QED) is 0.890. The summed E-state index contributed by atoms with van der Waals surface area (Å²) < 4.78 is 40.2. The Bertz CT molecular complexity index is 605. The van der Waals surface area contributed by atoms with E-state index in [1.54, 1.807) is 12.3 Å². The third-order valence-corrected chi connectivity index (χ3v) is 3.25. The molecule has 0 fully saturated rings. The zero-order valence-electron chi connectivity index (χ0n) is 11.4. The Hall–Kier alpha value is -2.02. The summed E-state index contributed by atoms with van der Waals surface area (Å²) in [5, 5.41) is 4.07. The molecule has 21 heavy (non-hydrogen) atoms. The molecule has 0 saturated heterocycles. The van der Waals surface area contributed by atoms with Crippen molar-refractivity contribution < 1.29 is 13.2 Å². The van der Waals surface area contributed by atoms with Crippen molar-refractivity contribution in [3.8, 4) is 0 Å². The third kappa shape index (κ3) is 3.55. The Morgan fingerprint density at radius 3 is 2.52 bits per heavy atom.